The molecule has 0 radical (unpaired) electrons. The summed E-state index contributed by atoms with van der Waals surface area (Å²) in [6, 6.07) is 13.3. The van der Waals surface area contributed by atoms with Crippen LogP contribution in [0.2, 0.25) is 5.02 Å². The third-order valence-electron chi connectivity index (χ3n) is 4.31. The van der Waals surface area contributed by atoms with Crippen LogP contribution in [0.25, 0.3) is 5.57 Å². The van der Waals surface area contributed by atoms with Crippen LogP contribution in [0.15, 0.2) is 65.6 Å². The molecule has 0 spiro atoms. The summed E-state index contributed by atoms with van der Waals surface area (Å²) in [6.07, 6.45) is 1.75. The molecular formula is C20H19ClN2O2. The van der Waals surface area contributed by atoms with Crippen LogP contribution >= 0.6 is 11.6 Å². The first-order valence-electron chi connectivity index (χ1n) is 7.96. The smallest absolute Gasteiger partial charge is 0.336 e. The lowest BCUT2D eigenvalue weighted by molar-refractivity contribution is -0.136. The molecule has 4 nitrogen and oxygen atoms in total. The Morgan fingerprint density at radius 2 is 1.84 bits per heavy atom. The van der Waals surface area contributed by atoms with Gasteiger partial charge in [-0.25, -0.2) is 4.79 Å². The van der Waals surface area contributed by atoms with Crippen molar-refractivity contribution in [3.63, 3.8) is 0 Å². The van der Waals surface area contributed by atoms with Crippen molar-refractivity contribution in [2.75, 3.05) is 7.11 Å². The van der Waals surface area contributed by atoms with Crippen LogP contribution < -0.4 is 5.32 Å². The van der Waals surface area contributed by atoms with E-state index >= 15 is 0 Å². The number of ether oxygens (including phenoxy) is 1. The van der Waals surface area contributed by atoms with Gasteiger partial charge in [0.25, 0.3) is 0 Å². The molecule has 0 amide bonds. The Kier molecular flexibility index (Phi) is 4.91. The number of benzene rings is 1. The summed E-state index contributed by atoms with van der Waals surface area (Å²) in [5.74, 6) is -0.633. The van der Waals surface area contributed by atoms with Crippen molar-refractivity contribution in [2.45, 2.75) is 19.8 Å². The zero-order valence-corrected chi connectivity index (χ0v) is 15.1. The van der Waals surface area contributed by atoms with E-state index in [4.69, 9.17) is 16.3 Å². The number of hydrogen-bond acceptors (Lipinski definition) is 4. The molecule has 2 heterocycles. The Labute approximate surface area is 152 Å². The average Bonchev–Trinajstić information content (AvgIpc) is 2.62. The fraction of sp³-hybridized carbons (Fsp3) is 0.200. The third-order valence-corrected chi connectivity index (χ3v) is 4.56. The van der Waals surface area contributed by atoms with Crippen molar-refractivity contribution in [1.29, 1.82) is 0 Å². The maximum absolute atomic E-state index is 12.5. The van der Waals surface area contributed by atoms with Crippen molar-refractivity contribution in [1.82, 2.24) is 10.3 Å². The minimum atomic E-state index is -0.356. The number of allylic oxidation sites excluding steroid dienone is 3. The second-order valence-electron chi connectivity index (χ2n) is 5.89. The molecule has 1 aliphatic heterocycles. The first-order chi connectivity index (χ1) is 12.0. The average molecular weight is 355 g/mol. The molecule has 3 rings (SSSR count). The maximum atomic E-state index is 12.5. The van der Waals surface area contributed by atoms with E-state index in [0.29, 0.717) is 10.6 Å². The maximum Gasteiger partial charge on any atom is 0.336 e. The molecule has 25 heavy (non-hydrogen) atoms. The van der Waals surface area contributed by atoms with Gasteiger partial charge in [-0.2, -0.15) is 0 Å². The summed E-state index contributed by atoms with van der Waals surface area (Å²) in [7, 11) is 1.40. The quantitative estimate of drug-likeness (QED) is 0.835. The number of aromatic nitrogens is 1. The van der Waals surface area contributed by atoms with E-state index in [2.05, 4.69) is 10.3 Å². The Morgan fingerprint density at radius 3 is 2.44 bits per heavy atom. The SMILES string of the molecule is COC(=O)C1=C(C)NC(C)=C(c2ccccn2)C1c1ccc(Cl)cc1. The number of rotatable bonds is 3. The van der Waals surface area contributed by atoms with Gasteiger partial charge in [0.1, 0.15) is 0 Å². The monoisotopic (exact) mass is 354 g/mol. The highest BCUT2D eigenvalue weighted by molar-refractivity contribution is 6.30. The molecular weight excluding hydrogens is 336 g/mol. The highest BCUT2D eigenvalue weighted by Gasteiger charge is 2.34. The topological polar surface area (TPSA) is 51.2 Å². The number of carbonyl (C=O) groups excluding carboxylic acids is 1. The number of methoxy groups -OCH3 is 1. The fourth-order valence-electron chi connectivity index (χ4n) is 3.22. The minimum Gasteiger partial charge on any atom is -0.466 e. The zero-order valence-electron chi connectivity index (χ0n) is 14.3. The summed E-state index contributed by atoms with van der Waals surface area (Å²) < 4.78 is 5.05. The van der Waals surface area contributed by atoms with Crippen LogP contribution in [-0.4, -0.2) is 18.1 Å². The molecule has 1 aliphatic rings. The number of nitrogens with one attached hydrogen (secondary N) is 1. The lowest BCUT2D eigenvalue weighted by Gasteiger charge is -2.31. The van der Waals surface area contributed by atoms with E-state index in [1.165, 1.54) is 7.11 Å². The summed E-state index contributed by atoms with van der Waals surface area (Å²) in [5.41, 5.74) is 5.06. The highest BCUT2D eigenvalue weighted by atomic mass is 35.5. The molecule has 5 heteroatoms. The predicted molar refractivity (Wildman–Crippen MR) is 98.9 cm³/mol. The van der Waals surface area contributed by atoms with Crippen LogP contribution in [0.4, 0.5) is 0 Å². The second kappa shape index (κ2) is 7.11. The molecule has 0 aliphatic carbocycles. The molecule has 0 bridgehead atoms. The molecule has 0 saturated carbocycles. The van der Waals surface area contributed by atoms with Gasteiger partial charge < -0.3 is 10.1 Å². The number of dihydropyridines is 1. The lowest BCUT2D eigenvalue weighted by atomic mass is 9.79. The van der Waals surface area contributed by atoms with Crippen molar-refractivity contribution < 1.29 is 9.53 Å². The second-order valence-corrected chi connectivity index (χ2v) is 6.33. The number of halogens is 1. The molecule has 1 aromatic carbocycles. The van der Waals surface area contributed by atoms with Gasteiger partial charge in [0.15, 0.2) is 0 Å². The first kappa shape index (κ1) is 17.2. The van der Waals surface area contributed by atoms with Gasteiger partial charge in [0.2, 0.25) is 0 Å². The van der Waals surface area contributed by atoms with Crippen molar-refractivity contribution in [3.8, 4) is 0 Å². The molecule has 0 fully saturated rings. The number of hydrogen-bond donors (Lipinski definition) is 1. The van der Waals surface area contributed by atoms with E-state index in [-0.39, 0.29) is 11.9 Å². The zero-order chi connectivity index (χ0) is 18.0. The summed E-state index contributed by atoms with van der Waals surface area (Å²) in [6.45, 7) is 3.87. The largest absolute Gasteiger partial charge is 0.466 e. The molecule has 1 aromatic heterocycles. The molecule has 0 saturated heterocycles. The van der Waals surface area contributed by atoms with E-state index in [0.717, 1.165) is 28.2 Å². The van der Waals surface area contributed by atoms with Gasteiger partial charge in [-0.3, -0.25) is 4.98 Å². The van der Waals surface area contributed by atoms with Gasteiger partial charge in [-0.05, 0) is 43.7 Å². The Hall–Kier alpha value is -2.59. The molecule has 1 N–H and O–H groups in total. The van der Waals surface area contributed by atoms with Gasteiger partial charge in [-0.1, -0.05) is 29.8 Å². The van der Waals surface area contributed by atoms with Crippen molar-refractivity contribution in [3.05, 3.63) is 81.9 Å². The number of carbonyl (C=O) groups is 1. The normalized spacial score (nSPS) is 17.4. The summed E-state index contributed by atoms with van der Waals surface area (Å²) in [4.78, 5) is 17.0. The van der Waals surface area contributed by atoms with Crippen molar-refractivity contribution >= 4 is 23.1 Å². The van der Waals surface area contributed by atoms with Crippen LogP contribution in [0, 0.1) is 0 Å². The van der Waals surface area contributed by atoms with E-state index in [1.54, 1.807) is 6.20 Å². The molecule has 1 unspecified atom stereocenters. The van der Waals surface area contributed by atoms with Crippen LogP contribution in [0.5, 0.6) is 0 Å². The highest BCUT2D eigenvalue weighted by Crippen LogP contribution is 2.43. The van der Waals surface area contributed by atoms with Crippen LogP contribution in [0.3, 0.4) is 0 Å². The van der Waals surface area contributed by atoms with Gasteiger partial charge >= 0.3 is 5.97 Å². The summed E-state index contributed by atoms with van der Waals surface area (Å²) >= 11 is 6.05. The van der Waals surface area contributed by atoms with Gasteiger partial charge in [-0.15, -0.1) is 0 Å². The fourth-order valence-corrected chi connectivity index (χ4v) is 3.35. The van der Waals surface area contributed by atoms with E-state index in [9.17, 15) is 4.79 Å². The van der Waals surface area contributed by atoms with E-state index < -0.39 is 0 Å². The molecule has 128 valence electrons. The molecule has 1 atom stereocenters. The Morgan fingerprint density at radius 1 is 1.12 bits per heavy atom. The number of nitrogens with zero attached hydrogens (tertiary/aromatic N) is 1. The van der Waals surface area contributed by atoms with Crippen LogP contribution in [-0.2, 0) is 9.53 Å². The molecule has 2 aromatic rings. The predicted octanol–water partition coefficient (Wildman–Crippen LogP) is 4.30. The Balaban J connectivity index is 2.23. The van der Waals surface area contributed by atoms with E-state index in [1.807, 2.05) is 56.3 Å². The van der Waals surface area contributed by atoms with Crippen LogP contribution in [0.1, 0.15) is 31.0 Å². The Bertz CT molecular complexity index is 855. The lowest BCUT2D eigenvalue weighted by Crippen LogP contribution is -2.28. The summed E-state index contributed by atoms with van der Waals surface area (Å²) in [5, 5.41) is 3.95. The third kappa shape index (κ3) is 3.30. The number of pyridine rings is 1. The number of esters is 1. The van der Waals surface area contributed by atoms with Crippen molar-refractivity contribution in [2.24, 2.45) is 0 Å². The van der Waals surface area contributed by atoms with Gasteiger partial charge in [0, 0.05) is 34.1 Å². The first-order valence-corrected chi connectivity index (χ1v) is 8.34. The van der Waals surface area contributed by atoms with Gasteiger partial charge in [0.05, 0.1) is 18.4 Å². The minimum absolute atomic E-state index is 0.277. The standard InChI is InChI=1S/C20H19ClN2O2/c1-12-17(16-6-4-5-11-22-16)19(14-7-9-15(21)10-8-14)18(13(2)23-12)20(24)25-3/h4-11,19,23H,1-3H3.